The van der Waals surface area contributed by atoms with E-state index in [9.17, 15) is 0 Å². The lowest BCUT2D eigenvalue weighted by Gasteiger charge is -2.18. The highest BCUT2D eigenvalue weighted by atomic mass is 79.9. The first-order valence-corrected chi connectivity index (χ1v) is 6.08. The van der Waals surface area contributed by atoms with E-state index in [1.165, 1.54) is 5.56 Å². The van der Waals surface area contributed by atoms with E-state index in [0.29, 0.717) is 6.61 Å². The van der Waals surface area contributed by atoms with Gasteiger partial charge in [-0.1, -0.05) is 41.1 Å². The first-order valence-electron chi connectivity index (χ1n) is 5.29. The molecule has 0 aromatic heterocycles. The zero-order chi connectivity index (χ0) is 11.1. The van der Waals surface area contributed by atoms with Crippen molar-refractivity contribution in [3.63, 3.8) is 0 Å². The van der Waals surface area contributed by atoms with E-state index >= 15 is 0 Å². The summed E-state index contributed by atoms with van der Waals surface area (Å²) in [5, 5.41) is 3.26. The van der Waals surface area contributed by atoms with Gasteiger partial charge in [-0.3, -0.25) is 0 Å². The van der Waals surface area contributed by atoms with Crippen molar-refractivity contribution in [3.8, 4) is 0 Å². The zero-order valence-electron chi connectivity index (χ0n) is 9.29. The van der Waals surface area contributed by atoms with Gasteiger partial charge in [0.2, 0.25) is 0 Å². The van der Waals surface area contributed by atoms with Gasteiger partial charge in [-0.05, 0) is 25.1 Å². The lowest BCUT2D eigenvalue weighted by atomic mass is 10.1. The molecule has 0 saturated carbocycles. The van der Waals surface area contributed by atoms with E-state index in [2.05, 4.69) is 40.3 Å². The normalized spacial score (nSPS) is 12.7. The Morgan fingerprint density at radius 3 is 2.73 bits per heavy atom. The largest absolute Gasteiger partial charge is 0.379 e. The van der Waals surface area contributed by atoms with E-state index in [1.807, 2.05) is 19.2 Å². The molecule has 0 aliphatic rings. The van der Waals surface area contributed by atoms with Gasteiger partial charge < -0.3 is 10.1 Å². The van der Waals surface area contributed by atoms with Crippen molar-refractivity contribution in [1.29, 1.82) is 0 Å². The molecule has 15 heavy (non-hydrogen) atoms. The maximum Gasteiger partial charge on any atom is 0.0661 e. The molecular weight excluding hydrogens is 254 g/mol. The summed E-state index contributed by atoms with van der Waals surface area (Å²) in [5.41, 5.74) is 1.25. The predicted molar refractivity (Wildman–Crippen MR) is 67.1 cm³/mol. The fourth-order valence-corrected chi connectivity index (χ4v) is 1.99. The Morgan fingerprint density at radius 2 is 2.13 bits per heavy atom. The lowest BCUT2D eigenvalue weighted by molar-refractivity contribution is 0.114. The number of ether oxygens (including phenoxy) is 1. The molecule has 3 heteroatoms. The van der Waals surface area contributed by atoms with Gasteiger partial charge in [0.1, 0.15) is 0 Å². The van der Waals surface area contributed by atoms with Crippen LogP contribution in [-0.2, 0) is 4.74 Å². The molecule has 0 aliphatic heterocycles. The van der Waals surface area contributed by atoms with E-state index in [-0.39, 0.29) is 6.04 Å². The summed E-state index contributed by atoms with van der Waals surface area (Å²) >= 11 is 3.55. The van der Waals surface area contributed by atoms with Gasteiger partial charge in [-0.25, -0.2) is 0 Å². The summed E-state index contributed by atoms with van der Waals surface area (Å²) in [6, 6.07) is 8.49. The minimum atomic E-state index is 0.257. The van der Waals surface area contributed by atoms with Crippen LogP contribution in [0.2, 0.25) is 0 Å². The van der Waals surface area contributed by atoms with Gasteiger partial charge in [-0.2, -0.15) is 0 Å². The summed E-state index contributed by atoms with van der Waals surface area (Å²) in [6.45, 7) is 3.66. The summed E-state index contributed by atoms with van der Waals surface area (Å²) < 4.78 is 6.69. The molecule has 1 aromatic carbocycles. The molecule has 1 N–H and O–H groups in total. The predicted octanol–water partition coefficient (Wildman–Crippen LogP) is 3.14. The van der Waals surface area contributed by atoms with Crippen molar-refractivity contribution in [3.05, 3.63) is 34.3 Å². The molecule has 0 aliphatic carbocycles. The molecule has 0 amide bonds. The standard InChI is InChI=1S/C12H18BrNO/c1-3-8-15-9-12(14-2)10-6-4-5-7-11(10)13/h4-7,12,14H,3,8-9H2,1-2H3. The number of halogens is 1. The summed E-state index contributed by atoms with van der Waals surface area (Å²) in [5.74, 6) is 0. The second-order valence-corrected chi connectivity index (χ2v) is 4.29. The van der Waals surface area contributed by atoms with Gasteiger partial charge >= 0.3 is 0 Å². The maximum atomic E-state index is 5.56. The Labute approximate surface area is 100 Å². The fourth-order valence-electron chi connectivity index (χ4n) is 1.43. The molecular formula is C12H18BrNO. The first kappa shape index (κ1) is 12.7. The number of hydrogen-bond donors (Lipinski definition) is 1. The highest BCUT2D eigenvalue weighted by Crippen LogP contribution is 2.23. The van der Waals surface area contributed by atoms with Crippen molar-refractivity contribution in [2.45, 2.75) is 19.4 Å². The van der Waals surface area contributed by atoms with Gasteiger partial charge in [0.05, 0.1) is 12.6 Å². The Hall–Kier alpha value is -0.380. The molecule has 0 heterocycles. The first-order chi connectivity index (χ1) is 7.29. The molecule has 1 rings (SSSR count). The third-order valence-electron chi connectivity index (χ3n) is 2.26. The third-order valence-corrected chi connectivity index (χ3v) is 2.98. The number of hydrogen-bond acceptors (Lipinski definition) is 2. The van der Waals surface area contributed by atoms with E-state index in [1.54, 1.807) is 0 Å². The minimum Gasteiger partial charge on any atom is -0.379 e. The molecule has 2 nitrogen and oxygen atoms in total. The highest BCUT2D eigenvalue weighted by Gasteiger charge is 2.11. The number of benzene rings is 1. The molecule has 1 unspecified atom stereocenters. The van der Waals surface area contributed by atoms with Crippen LogP contribution in [0.1, 0.15) is 24.9 Å². The third kappa shape index (κ3) is 3.93. The second-order valence-electron chi connectivity index (χ2n) is 3.44. The summed E-state index contributed by atoms with van der Waals surface area (Å²) in [7, 11) is 1.96. The van der Waals surface area contributed by atoms with E-state index < -0.39 is 0 Å². The number of likely N-dealkylation sites (N-methyl/N-ethyl adjacent to an activating group) is 1. The molecule has 1 aromatic rings. The van der Waals surface area contributed by atoms with Crippen LogP contribution in [0.4, 0.5) is 0 Å². The van der Waals surface area contributed by atoms with Gasteiger partial charge in [0.25, 0.3) is 0 Å². The molecule has 84 valence electrons. The fraction of sp³-hybridized carbons (Fsp3) is 0.500. The monoisotopic (exact) mass is 271 g/mol. The molecule has 0 radical (unpaired) electrons. The van der Waals surface area contributed by atoms with Crippen LogP contribution < -0.4 is 5.32 Å². The minimum absolute atomic E-state index is 0.257. The summed E-state index contributed by atoms with van der Waals surface area (Å²) in [4.78, 5) is 0. The van der Waals surface area contributed by atoms with Gasteiger partial charge in [0, 0.05) is 11.1 Å². The van der Waals surface area contributed by atoms with Crippen molar-refractivity contribution >= 4 is 15.9 Å². The van der Waals surface area contributed by atoms with Crippen LogP contribution in [0.25, 0.3) is 0 Å². The zero-order valence-corrected chi connectivity index (χ0v) is 10.9. The Balaban J connectivity index is 2.61. The van der Waals surface area contributed by atoms with Crippen molar-refractivity contribution < 1.29 is 4.74 Å². The summed E-state index contributed by atoms with van der Waals surface area (Å²) in [6.07, 6.45) is 1.06. The van der Waals surface area contributed by atoms with Gasteiger partial charge in [-0.15, -0.1) is 0 Å². The number of nitrogens with one attached hydrogen (secondary N) is 1. The molecule has 0 bridgehead atoms. The van der Waals surface area contributed by atoms with Crippen LogP contribution in [0.3, 0.4) is 0 Å². The van der Waals surface area contributed by atoms with E-state index in [4.69, 9.17) is 4.74 Å². The molecule has 1 atom stereocenters. The van der Waals surface area contributed by atoms with Crippen LogP contribution in [0, 0.1) is 0 Å². The van der Waals surface area contributed by atoms with Crippen molar-refractivity contribution in [1.82, 2.24) is 5.32 Å². The topological polar surface area (TPSA) is 21.3 Å². The average Bonchev–Trinajstić information content (AvgIpc) is 2.26. The van der Waals surface area contributed by atoms with E-state index in [0.717, 1.165) is 17.5 Å². The maximum absolute atomic E-state index is 5.56. The SMILES string of the molecule is CCCOCC(NC)c1ccccc1Br. The Morgan fingerprint density at radius 1 is 1.40 bits per heavy atom. The van der Waals surface area contributed by atoms with Crippen LogP contribution in [0.5, 0.6) is 0 Å². The average molecular weight is 272 g/mol. The Bertz CT molecular complexity index is 291. The van der Waals surface area contributed by atoms with Crippen molar-refractivity contribution in [2.75, 3.05) is 20.3 Å². The smallest absolute Gasteiger partial charge is 0.0661 e. The number of rotatable bonds is 6. The van der Waals surface area contributed by atoms with Crippen LogP contribution >= 0.6 is 15.9 Å². The highest BCUT2D eigenvalue weighted by molar-refractivity contribution is 9.10. The van der Waals surface area contributed by atoms with Gasteiger partial charge in [0.15, 0.2) is 0 Å². The Kier molecular flexibility index (Phi) is 5.91. The molecule has 0 fully saturated rings. The molecule has 0 spiro atoms. The van der Waals surface area contributed by atoms with Crippen molar-refractivity contribution in [2.24, 2.45) is 0 Å². The van der Waals surface area contributed by atoms with Crippen LogP contribution in [-0.4, -0.2) is 20.3 Å². The quantitative estimate of drug-likeness (QED) is 0.803. The lowest BCUT2D eigenvalue weighted by Crippen LogP contribution is -2.22. The second kappa shape index (κ2) is 6.99. The van der Waals surface area contributed by atoms with Crippen LogP contribution in [0.15, 0.2) is 28.7 Å². The molecule has 0 saturated heterocycles.